The summed E-state index contributed by atoms with van der Waals surface area (Å²) in [4.78, 5) is 0.0528. The maximum Gasteiger partial charge on any atom is 0.269 e. The van der Waals surface area contributed by atoms with Crippen molar-refractivity contribution in [3.8, 4) is 11.3 Å². The van der Waals surface area contributed by atoms with Crippen LogP contribution in [0.1, 0.15) is 37.8 Å². The van der Waals surface area contributed by atoms with Gasteiger partial charge in [-0.2, -0.15) is 0 Å². The molecule has 0 aliphatic heterocycles. The number of fused-ring (bicyclic) bond motifs is 1. The van der Waals surface area contributed by atoms with Crippen LogP contribution in [0.15, 0.2) is 70.6 Å². The first kappa shape index (κ1) is 25.1. The van der Waals surface area contributed by atoms with Crippen molar-refractivity contribution in [2.45, 2.75) is 55.4 Å². The van der Waals surface area contributed by atoms with Crippen molar-refractivity contribution in [1.29, 1.82) is 0 Å². The van der Waals surface area contributed by atoms with Crippen molar-refractivity contribution in [2.75, 3.05) is 0 Å². The molecule has 0 bridgehead atoms. The van der Waals surface area contributed by atoms with Crippen LogP contribution in [0.25, 0.3) is 22.2 Å². The Kier molecular flexibility index (Phi) is 6.53. The molecule has 36 heavy (non-hydrogen) atoms. The summed E-state index contributed by atoms with van der Waals surface area (Å²) in [6.45, 7) is 2.40. The third kappa shape index (κ3) is 4.38. The van der Waals surface area contributed by atoms with Gasteiger partial charge in [-0.1, -0.05) is 61.2 Å². The predicted octanol–water partition coefficient (Wildman–Crippen LogP) is 5.54. The molecule has 0 radical (unpaired) electrons. The average Bonchev–Trinajstić information content (AvgIpc) is 3.38. The zero-order chi connectivity index (χ0) is 25.7. The van der Waals surface area contributed by atoms with Gasteiger partial charge in [-0.25, -0.2) is 25.9 Å². The van der Waals surface area contributed by atoms with E-state index >= 15 is 0 Å². The Morgan fingerprint density at radius 1 is 0.944 bits per heavy atom. The number of hydrogen-bond donors (Lipinski definition) is 1. The highest BCUT2D eigenvalue weighted by Gasteiger charge is 2.28. The van der Waals surface area contributed by atoms with E-state index in [9.17, 15) is 16.8 Å². The molecule has 7 nitrogen and oxygen atoms in total. The minimum absolute atomic E-state index is 0.00189. The molecule has 0 amide bonds. The van der Waals surface area contributed by atoms with Gasteiger partial charge in [-0.3, -0.25) is 0 Å². The quantitative estimate of drug-likeness (QED) is 0.343. The molecule has 190 valence electrons. The Labute approximate surface area is 216 Å². The SMILES string of the molecule is Cc1c(S(N)(=O)=O)cc(-c2cn(S(=O)(=O)c3ccccc3Cl)c3ccccc23)n1CC1CCCCC1. The van der Waals surface area contributed by atoms with Crippen LogP contribution < -0.4 is 5.14 Å². The lowest BCUT2D eigenvalue weighted by Gasteiger charge is -2.24. The summed E-state index contributed by atoms with van der Waals surface area (Å²) < 4.78 is 55.5. The number of nitrogens with zero attached hydrogens (tertiary/aromatic N) is 2. The molecule has 5 rings (SSSR count). The Hall–Kier alpha value is -2.59. The first-order chi connectivity index (χ1) is 17.1. The maximum absolute atomic E-state index is 13.7. The molecule has 1 fully saturated rings. The second-order valence-corrected chi connectivity index (χ2v) is 13.2. The van der Waals surface area contributed by atoms with Crippen molar-refractivity contribution in [3.05, 3.63) is 71.5 Å². The van der Waals surface area contributed by atoms with Gasteiger partial charge in [0, 0.05) is 29.4 Å². The van der Waals surface area contributed by atoms with Crippen molar-refractivity contribution >= 4 is 42.6 Å². The van der Waals surface area contributed by atoms with Gasteiger partial charge in [-0.05, 0) is 49.9 Å². The van der Waals surface area contributed by atoms with E-state index in [1.165, 1.54) is 22.5 Å². The number of primary sulfonamides is 1. The number of nitrogens with two attached hydrogens (primary N) is 1. The predicted molar refractivity (Wildman–Crippen MR) is 142 cm³/mol. The smallest absolute Gasteiger partial charge is 0.269 e. The van der Waals surface area contributed by atoms with E-state index in [4.69, 9.17) is 16.7 Å². The highest BCUT2D eigenvalue weighted by molar-refractivity contribution is 7.90. The van der Waals surface area contributed by atoms with Crippen LogP contribution in [-0.4, -0.2) is 25.4 Å². The van der Waals surface area contributed by atoms with Crippen LogP contribution in [-0.2, 0) is 26.6 Å². The summed E-state index contributed by atoms with van der Waals surface area (Å²) in [5.41, 5.74) is 2.29. The fourth-order valence-electron chi connectivity index (χ4n) is 5.31. The average molecular weight is 546 g/mol. The van der Waals surface area contributed by atoms with E-state index < -0.39 is 20.0 Å². The summed E-state index contributed by atoms with van der Waals surface area (Å²) in [6.07, 6.45) is 7.22. The van der Waals surface area contributed by atoms with E-state index in [0.29, 0.717) is 40.3 Å². The lowest BCUT2D eigenvalue weighted by atomic mass is 9.89. The minimum atomic E-state index is -4.02. The summed E-state index contributed by atoms with van der Waals surface area (Å²) in [5.74, 6) is 0.414. The maximum atomic E-state index is 13.7. The molecule has 1 aliphatic carbocycles. The van der Waals surface area contributed by atoms with E-state index in [-0.39, 0.29) is 14.8 Å². The first-order valence-corrected chi connectivity index (χ1v) is 15.3. The van der Waals surface area contributed by atoms with E-state index in [2.05, 4.69) is 0 Å². The van der Waals surface area contributed by atoms with Gasteiger partial charge in [0.25, 0.3) is 10.0 Å². The molecule has 0 saturated heterocycles. The van der Waals surface area contributed by atoms with Crippen LogP contribution in [0, 0.1) is 12.8 Å². The molecule has 2 N–H and O–H groups in total. The Bertz CT molecular complexity index is 1660. The lowest BCUT2D eigenvalue weighted by molar-refractivity contribution is 0.318. The fourth-order valence-corrected chi connectivity index (χ4v) is 7.97. The molecule has 1 aliphatic rings. The van der Waals surface area contributed by atoms with Gasteiger partial charge in [-0.15, -0.1) is 0 Å². The van der Waals surface area contributed by atoms with E-state index in [1.54, 1.807) is 43.5 Å². The number of aromatic nitrogens is 2. The molecule has 2 heterocycles. The monoisotopic (exact) mass is 545 g/mol. The van der Waals surface area contributed by atoms with Gasteiger partial charge < -0.3 is 4.57 Å². The van der Waals surface area contributed by atoms with E-state index in [1.807, 2.05) is 16.7 Å². The second kappa shape index (κ2) is 9.37. The molecule has 4 aromatic rings. The highest BCUT2D eigenvalue weighted by atomic mass is 35.5. The number of hydrogen-bond acceptors (Lipinski definition) is 4. The zero-order valence-corrected chi connectivity index (χ0v) is 22.3. The fraction of sp³-hybridized carbons (Fsp3) is 0.308. The Morgan fingerprint density at radius 3 is 2.31 bits per heavy atom. The third-order valence-electron chi connectivity index (χ3n) is 7.12. The third-order valence-corrected chi connectivity index (χ3v) is 10.3. The number of halogens is 1. The van der Waals surface area contributed by atoms with Crippen LogP contribution in [0.4, 0.5) is 0 Å². The van der Waals surface area contributed by atoms with Crippen LogP contribution >= 0.6 is 11.6 Å². The summed E-state index contributed by atoms with van der Waals surface area (Å²) >= 11 is 6.26. The molecule has 10 heteroatoms. The summed E-state index contributed by atoms with van der Waals surface area (Å²) in [5, 5.41) is 6.39. The van der Waals surface area contributed by atoms with Gasteiger partial charge in [0.1, 0.15) is 9.79 Å². The summed E-state index contributed by atoms with van der Waals surface area (Å²) in [7, 11) is -7.99. The Balaban J connectivity index is 1.75. The van der Waals surface area contributed by atoms with Gasteiger partial charge in [0.2, 0.25) is 10.0 Å². The molecule has 2 aromatic carbocycles. The van der Waals surface area contributed by atoms with Gasteiger partial charge in [0.05, 0.1) is 16.2 Å². The van der Waals surface area contributed by atoms with Crippen LogP contribution in [0.2, 0.25) is 5.02 Å². The normalized spacial score (nSPS) is 15.5. The summed E-state index contributed by atoms with van der Waals surface area (Å²) in [6, 6.07) is 15.1. The van der Waals surface area contributed by atoms with E-state index in [0.717, 1.165) is 25.7 Å². The zero-order valence-electron chi connectivity index (χ0n) is 19.9. The van der Waals surface area contributed by atoms with Crippen molar-refractivity contribution < 1.29 is 16.8 Å². The molecule has 0 atom stereocenters. The van der Waals surface area contributed by atoms with Crippen LogP contribution in [0.5, 0.6) is 0 Å². The molecule has 1 saturated carbocycles. The molecular weight excluding hydrogens is 518 g/mol. The number of benzene rings is 2. The second-order valence-electron chi connectivity index (χ2n) is 9.43. The van der Waals surface area contributed by atoms with Crippen LogP contribution in [0.3, 0.4) is 0 Å². The highest BCUT2D eigenvalue weighted by Crippen LogP contribution is 2.38. The lowest BCUT2D eigenvalue weighted by Crippen LogP contribution is -2.17. The molecular formula is C26H28ClN3O4S2. The molecule has 0 spiro atoms. The first-order valence-electron chi connectivity index (χ1n) is 11.9. The molecule has 2 aromatic heterocycles. The number of para-hydroxylation sites is 1. The largest absolute Gasteiger partial charge is 0.343 e. The van der Waals surface area contributed by atoms with Crippen molar-refractivity contribution in [2.24, 2.45) is 11.1 Å². The van der Waals surface area contributed by atoms with Crippen molar-refractivity contribution in [3.63, 3.8) is 0 Å². The van der Waals surface area contributed by atoms with Gasteiger partial charge >= 0.3 is 0 Å². The number of sulfonamides is 1. The number of rotatable bonds is 6. The minimum Gasteiger partial charge on any atom is -0.343 e. The van der Waals surface area contributed by atoms with Crippen molar-refractivity contribution in [1.82, 2.24) is 8.54 Å². The Morgan fingerprint density at radius 2 is 1.61 bits per heavy atom. The topological polar surface area (TPSA) is 104 Å². The standard InChI is InChI=1S/C26H28ClN3O4S2/c1-18-26(35(28,31)32)15-24(29(18)16-19-9-3-2-4-10-19)21-17-30(23-13-7-5-11-20(21)23)36(33,34)25-14-8-6-12-22(25)27/h5-8,11-15,17,19H,2-4,9-10,16H2,1H3,(H2,28,31,32). The van der Waals surface area contributed by atoms with Gasteiger partial charge in [0.15, 0.2) is 0 Å². The molecule has 0 unspecified atom stereocenters.